The van der Waals surface area contributed by atoms with Gasteiger partial charge >= 0.3 is 0 Å². The minimum absolute atomic E-state index is 0.459. The molecule has 5 nitrogen and oxygen atoms in total. The van der Waals surface area contributed by atoms with Crippen molar-refractivity contribution < 1.29 is 5.11 Å². The number of aliphatic hydroxyl groups is 1. The first kappa shape index (κ1) is 9.79. The topological polar surface area (TPSA) is 63.8 Å². The van der Waals surface area contributed by atoms with Crippen LogP contribution in [0.15, 0.2) is 31.0 Å². The van der Waals surface area contributed by atoms with Crippen molar-refractivity contribution in [3.63, 3.8) is 0 Å². The van der Waals surface area contributed by atoms with Gasteiger partial charge in [-0.25, -0.2) is 15.0 Å². The zero-order valence-electron chi connectivity index (χ0n) is 8.41. The van der Waals surface area contributed by atoms with Gasteiger partial charge in [0.15, 0.2) is 0 Å². The molecule has 2 rings (SSSR count). The monoisotopic (exact) mass is 204 g/mol. The number of rotatable bonds is 3. The predicted octanol–water partition coefficient (Wildman–Crippen LogP) is 0.486. The summed E-state index contributed by atoms with van der Waals surface area (Å²) in [5.41, 5.74) is 0.619. The Bertz CT molecular complexity index is 426. The maximum Gasteiger partial charge on any atom is 0.115 e. The molecular weight excluding hydrogens is 192 g/mol. The lowest BCUT2D eigenvalue weighted by Crippen LogP contribution is -2.08. The Morgan fingerprint density at radius 3 is 2.87 bits per heavy atom. The first-order valence-electron chi connectivity index (χ1n) is 4.67. The summed E-state index contributed by atoms with van der Waals surface area (Å²) in [6, 6.07) is 1.70. The maximum absolute atomic E-state index is 9.87. The molecule has 0 fully saturated rings. The lowest BCUT2D eigenvalue weighted by Gasteiger charge is -2.08. The van der Waals surface area contributed by atoms with Gasteiger partial charge in [0.25, 0.3) is 0 Å². The molecule has 0 radical (unpaired) electrons. The van der Waals surface area contributed by atoms with E-state index in [2.05, 4.69) is 15.0 Å². The number of aromatic nitrogens is 4. The second-order valence-corrected chi connectivity index (χ2v) is 3.31. The van der Waals surface area contributed by atoms with Crippen LogP contribution in [0, 0.1) is 0 Å². The summed E-state index contributed by atoms with van der Waals surface area (Å²) in [4.78, 5) is 11.9. The van der Waals surface area contributed by atoms with E-state index in [9.17, 15) is 5.11 Å². The third-order valence-electron chi connectivity index (χ3n) is 2.24. The molecule has 0 aliphatic heterocycles. The zero-order valence-corrected chi connectivity index (χ0v) is 8.41. The molecule has 0 saturated heterocycles. The first-order chi connectivity index (χ1) is 7.27. The number of imidazole rings is 1. The van der Waals surface area contributed by atoms with Crippen molar-refractivity contribution in [1.82, 2.24) is 19.5 Å². The van der Waals surface area contributed by atoms with Gasteiger partial charge in [-0.3, -0.25) is 0 Å². The predicted molar refractivity (Wildman–Crippen MR) is 53.9 cm³/mol. The highest BCUT2D eigenvalue weighted by Gasteiger charge is 2.11. The highest BCUT2D eigenvalue weighted by Crippen LogP contribution is 2.13. The van der Waals surface area contributed by atoms with Crippen LogP contribution in [0.5, 0.6) is 0 Å². The zero-order chi connectivity index (χ0) is 10.7. The summed E-state index contributed by atoms with van der Waals surface area (Å²) in [6.07, 6.45) is 6.43. The fourth-order valence-corrected chi connectivity index (χ4v) is 1.37. The van der Waals surface area contributed by atoms with Crippen molar-refractivity contribution in [2.45, 2.75) is 12.5 Å². The van der Waals surface area contributed by atoms with E-state index in [0.717, 1.165) is 5.82 Å². The van der Waals surface area contributed by atoms with Crippen molar-refractivity contribution in [3.05, 3.63) is 42.5 Å². The Hall–Kier alpha value is -1.75. The van der Waals surface area contributed by atoms with E-state index in [1.165, 1.54) is 6.33 Å². The molecule has 0 aliphatic carbocycles. The third kappa shape index (κ3) is 2.19. The highest BCUT2D eigenvalue weighted by atomic mass is 16.3. The smallest absolute Gasteiger partial charge is 0.115 e. The van der Waals surface area contributed by atoms with Crippen LogP contribution in [0.4, 0.5) is 0 Å². The van der Waals surface area contributed by atoms with E-state index in [4.69, 9.17) is 0 Å². The lowest BCUT2D eigenvalue weighted by atomic mass is 10.2. The SMILES string of the molecule is Cn1ccnc1CC(O)c1ccncn1. The Morgan fingerprint density at radius 2 is 2.27 bits per heavy atom. The molecule has 0 aliphatic rings. The van der Waals surface area contributed by atoms with Gasteiger partial charge in [0.2, 0.25) is 0 Å². The number of aliphatic hydroxyl groups excluding tert-OH is 1. The van der Waals surface area contributed by atoms with E-state index in [0.29, 0.717) is 12.1 Å². The molecule has 78 valence electrons. The van der Waals surface area contributed by atoms with Crippen molar-refractivity contribution in [1.29, 1.82) is 0 Å². The molecule has 0 bridgehead atoms. The molecule has 5 heteroatoms. The van der Waals surface area contributed by atoms with Crippen molar-refractivity contribution in [2.24, 2.45) is 7.05 Å². The van der Waals surface area contributed by atoms with Gasteiger partial charge in [-0.1, -0.05) is 0 Å². The molecule has 0 spiro atoms. The summed E-state index contributed by atoms with van der Waals surface area (Å²) in [5, 5.41) is 9.87. The Kier molecular flexibility index (Phi) is 2.73. The maximum atomic E-state index is 9.87. The van der Waals surface area contributed by atoms with E-state index < -0.39 is 6.10 Å². The Labute approximate surface area is 87.5 Å². The molecule has 1 N–H and O–H groups in total. The average Bonchev–Trinajstić information content (AvgIpc) is 2.66. The molecule has 2 aromatic heterocycles. The van der Waals surface area contributed by atoms with Crippen LogP contribution in [0.1, 0.15) is 17.6 Å². The van der Waals surface area contributed by atoms with Gasteiger partial charge in [0, 0.05) is 32.1 Å². The molecule has 2 aromatic rings. The molecule has 2 heterocycles. The van der Waals surface area contributed by atoms with Crippen molar-refractivity contribution >= 4 is 0 Å². The van der Waals surface area contributed by atoms with Crippen LogP contribution in [-0.4, -0.2) is 24.6 Å². The molecule has 0 saturated carbocycles. The van der Waals surface area contributed by atoms with Crippen molar-refractivity contribution in [2.75, 3.05) is 0 Å². The summed E-state index contributed by atoms with van der Waals surface area (Å²) >= 11 is 0. The third-order valence-corrected chi connectivity index (χ3v) is 2.24. The van der Waals surface area contributed by atoms with Gasteiger partial charge in [-0.05, 0) is 6.07 Å². The molecular formula is C10H12N4O. The number of nitrogens with zero attached hydrogens (tertiary/aromatic N) is 4. The number of aryl methyl sites for hydroxylation is 1. The van der Waals surface area contributed by atoms with E-state index >= 15 is 0 Å². The largest absolute Gasteiger partial charge is 0.386 e. The average molecular weight is 204 g/mol. The Balaban J connectivity index is 2.11. The number of hydrogen-bond acceptors (Lipinski definition) is 4. The summed E-state index contributed by atoms with van der Waals surface area (Å²) in [7, 11) is 1.90. The van der Waals surface area contributed by atoms with Crippen LogP contribution >= 0.6 is 0 Å². The van der Waals surface area contributed by atoms with Crippen LogP contribution in [0.3, 0.4) is 0 Å². The van der Waals surface area contributed by atoms with Gasteiger partial charge in [-0.15, -0.1) is 0 Å². The summed E-state index contributed by atoms with van der Waals surface area (Å²) in [6.45, 7) is 0. The summed E-state index contributed by atoms with van der Waals surface area (Å²) in [5.74, 6) is 0.834. The van der Waals surface area contributed by atoms with Crippen molar-refractivity contribution in [3.8, 4) is 0 Å². The molecule has 1 unspecified atom stereocenters. The van der Waals surface area contributed by atoms with Gasteiger partial charge in [0.1, 0.15) is 18.3 Å². The molecule has 15 heavy (non-hydrogen) atoms. The fourth-order valence-electron chi connectivity index (χ4n) is 1.37. The first-order valence-corrected chi connectivity index (χ1v) is 4.67. The van der Waals surface area contributed by atoms with Crippen LogP contribution in [-0.2, 0) is 13.5 Å². The van der Waals surface area contributed by atoms with E-state index in [1.54, 1.807) is 18.5 Å². The lowest BCUT2D eigenvalue weighted by molar-refractivity contribution is 0.170. The van der Waals surface area contributed by atoms with Gasteiger partial charge in [-0.2, -0.15) is 0 Å². The summed E-state index contributed by atoms with van der Waals surface area (Å²) < 4.78 is 1.88. The van der Waals surface area contributed by atoms with Crippen LogP contribution in [0.25, 0.3) is 0 Å². The quantitative estimate of drug-likeness (QED) is 0.790. The Morgan fingerprint density at radius 1 is 1.40 bits per heavy atom. The highest BCUT2D eigenvalue weighted by molar-refractivity contribution is 5.05. The molecule has 0 amide bonds. The van der Waals surface area contributed by atoms with Crippen LogP contribution in [0.2, 0.25) is 0 Å². The second-order valence-electron chi connectivity index (χ2n) is 3.31. The van der Waals surface area contributed by atoms with E-state index in [1.807, 2.05) is 17.8 Å². The molecule has 0 aromatic carbocycles. The van der Waals surface area contributed by atoms with Crippen LogP contribution < -0.4 is 0 Å². The van der Waals surface area contributed by atoms with Gasteiger partial charge in [0.05, 0.1) is 5.69 Å². The molecule has 1 atom stereocenters. The minimum atomic E-state index is -0.630. The number of hydrogen-bond donors (Lipinski definition) is 1. The fraction of sp³-hybridized carbons (Fsp3) is 0.300. The van der Waals surface area contributed by atoms with E-state index in [-0.39, 0.29) is 0 Å². The van der Waals surface area contributed by atoms with Gasteiger partial charge < -0.3 is 9.67 Å². The minimum Gasteiger partial charge on any atom is -0.386 e. The normalized spacial score (nSPS) is 12.7. The second kappa shape index (κ2) is 4.18. The standard InChI is InChI=1S/C10H12N4O/c1-14-5-4-12-10(14)6-9(15)8-2-3-11-7-13-8/h2-5,7,9,15H,6H2,1H3.